The Kier molecular flexibility index (Phi) is 10.8. The van der Waals surface area contributed by atoms with Crippen molar-refractivity contribution < 1.29 is 18.0 Å². The zero-order chi connectivity index (χ0) is 30.1. The van der Waals surface area contributed by atoms with Crippen molar-refractivity contribution in [3.63, 3.8) is 0 Å². The predicted octanol–water partition coefficient (Wildman–Crippen LogP) is 2.83. The highest BCUT2D eigenvalue weighted by Gasteiger charge is 2.22. The lowest BCUT2D eigenvalue weighted by molar-refractivity contribution is -0.121. The van der Waals surface area contributed by atoms with Crippen LogP contribution in [-0.2, 0) is 39.1 Å². The summed E-state index contributed by atoms with van der Waals surface area (Å²) in [6.45, 7) is 2.91. The van der Waals surface area contributed by atoms with Gasteiger partial charge in [0.2, 0.25) is 21.8 Å². The Morgan fingerprint density at radius 1 is 1.12 bits per heavy atom. The highest BCUT2D eigenvalue weighted by atomic mass is 32.2. The zero-order valence-electron chi connectivity index (χ0n) is 23.0. The smallest absolute Gasteiger partial charge is 0.272 e. The molecule has 1 atom stereocenters. The normalized spacial score (nSPS) is 12.2. The molecule has 11 nitrogen and oxygen atoms in total. The number of nitrogens with two attached hydrogens (primary N) is 1. The standard InChI is InChI=1S/C28H32N6O5S3/c1-2-23(26(36)32-18-20-5-3-13-30-17-20)41-28-33-22-12-16-40-25(22)27(37)34(28)15-4-6-24(35)31-14-11-19-7-9-21(10-8-19)42(29,38)39/h3,5,7-10,12-13,16-17,23H,2,4,6,11,14-15,18H2,1H3,(H,31,35)(H,32,36)(H2,29,38,39)/t23-/m1/s1. The summed E-state index contributed by atoms with van der Waals surface area (Å²) in [4.78, 5) is 47.6. The molecule has 3 aromatic heterocycles. The van der Waals surface area contributed by atoms with Crippen molar-refractivity contribution >= 4 is 55.2 Å². The van der Waals surface area contributed by atoms with Crippen molar-refractivity contribution in [3.8, 4) is 0 Å². The number of rotatable bonds is 14. The Labute approximate surface area is 252 Å². The van der Waals surface area contributed by atoms with Gasteiger partial charge in [0.1, 0.15) is 4.70 Å². The maximum atomic E-state index is 13.3. The molecule has 4 rings (SSSR count). The Morgan fingerprint density at radius 2 is 1.90 bits per heavy atom. The lowest BCUT2D eigenvalue weighted by Gasteiger charge is -2.17. The molecule has 3 heterocycles. The van der Waals surface area contributed by atoms with E-state index in [2.05, 4.69) is 20.6 Å². The molecule has 2 amide bonds. The number of thiophene rings is 1. The summed E-state index contributed by atoms with van der Waals surface area (Å²) < 4.78 is 24.9. The van der Waals surface area contributed by atoms with Gasteiger partial charge in [0.15, 0.2) is 5.16 Å². The first-order chi connectivity index (χ1) is 20.2. The number of aromatic nitrogens is 3. The van der Waals surface area contributed by atoms with Gasteiger partial charge in [-0.3, -0.25) is 23.9 Å². The molecule has 222 valence electrons. The van der Waals surface area contributed by atoms with E-state index in [0.29, 0.717) is 47.7 Å². The quantitative estimate of drug-likeness (QED) is 0.142. The molecule has 0 fully saturated rings. The molecule has 0 aliphatic heterocycles. The largest absolute Gasteiger partial charge is 0.356 e. The van der Waals surface area contributed by atoms with Crippen LogP contribution in [0.3, 0.4) is 0 Å². The number of primary sulfonamides is 1. The van der Waals surface area contributed by atoms with Crippen molar-refractivity contribution in [2.75, 3.05) is 6.54 Å². The molecule has 0 saturated heterocycles. The third kappa shape index (κ3) is 8.47. The van der Waals surface area contributed by atoms with Gasteiger partial charge in [0.05, 0.1) is 15.7 Å². The molecule has 0 spiro atoms. The Balaban J connectivity index is 1.34. The number of nitrogens with zero attached hydrogens (tertiary/aromatic N) is 3. The molecule has 0 aliphatic rings. The summed E-state index contributed by atoms with van der Waals surface area (Å²) in [5, 5.41) is 12.7. The van der Waals surface area contributed by atoms with Crippen LogP contribution in [0.1, 0.15) is 37.3 Å². The molecule has 42 heavy (non-hydrogen) atoms. The highest BCUT2D eigenvalue weighted by Crippen LogP contribution is 2.26. The van der Waals surface area contributed by atoms with Gasteiger partial charge in [0.25, 0.3) is 5.56 Å². The van der Waals surface area contributed by atoms with Gasteiger partial charge in [-0.05, 0) is 60.0 Å². The van der Waals surface area contributed by atoms with Crippen LogP contribution in [0.15, 0.2) is 75.1 Å². The fourth-order valence-electron chi connectivity index (χ4n) is 4.14. The predicted molar refractivity (Wildman–Crippen MR) is 164 cm³/mol. The van der Waals surface area contributed by atoms with Crippen molar-refractivity contribution in [3.05, 3.63) is 81.7 Å². The molecule has 0 radical (unpaired) electrons. The zero-order valence-corrected chi connectivity index (χ0v) is 25.4. The van der Waals surface area contributed by atoms with E-state index in [9.17, 15) is 22.8 Å². The summed E-state index contributed by atoms with van der Waals surface area (Å²) in [6, 6.07) is 11.7. The molecular formula is C28H32N6O5S3. The van der Waals surface area contributed by atoms with E-state index in [1.165, 1.54) is 35.2 Å². The van der Waals surface area contributed by atoms with E-state index in [0.717, 1.165) is 11.1 Å². The highest BCUT2D eigenvalue weighted by molar-refractivity contribution is 8.00. The number of thioether (sulfide) groups is 1. The minimum atomic E-state index is -3.75. The minimum Gasteiger partial charge on any atom is -0.356 e. The molecular weight excluding hydrogens is 597 g/mol. The van der Waals surface area contributed by atoms with Crippen LogP contribution in [0.2, 0.25) is 0 Å². The van der Waals surface area contributed by atoms with Crippen LogP contribution in [0.4, 0.5) is 0 Å². The van der Waals surface area contributed by atoms with Gasteiger partial charge in [-0.25, -0.2) is 18.5 Å². The number of hydrogen-bond donors (Lipinski definition) is 3. The van der Waals surface area contributed by atoms with E-state index in [1.807, 2.05) is 24.4 Å². The Bertz CT molecular complexity index is 1690. The molecule has 0 saturated carbocycles. The molecule has 0 bridgehead atoms. The van der Waals surface area contributed by atoms with E-state index < -0.39 is 15.3 Å². The van der Waals surface area contributed by atoms with E-state index >= 15 is 0 Å². The summed E-state index contributed by atoms with van der Waals surface area (Å²) in [6.07, 6.45) is 5.04. The summed E-state index contributed by atoms with van der Waals surface area (Å²) in [5.74, 6) is -0.318. The monoisotopic (exact) mass is 628 g/mol. The first-order valence-electron chi connectivity index (χ1n) is 13.4. The maximum absolute atomic E-state index is 13.3. The Morgan fingerprint density at radius 3 is 2.60 bits per heavy atom. The summed E-state index contributed by atoms with van der Waals surface area (Å²) in [7, 11) is -3.75. The number of hydrogen-bond acceptors (Lipinski definition) is 9. The number of benzene rings is 1. The average molecular weight is 629 g/mol. The molecule has 4 N–H and O–H groups in total. The Hall–Kier alpha value is -3.59. The second kappa shape index (κ2) is 14.5. The number of nitrogens with one attached hydrogen (secondary N) is 2. The second-order valence-corrected chi connectivity index (χ2v) is 13.1. The van der Waals surface area contributed by atoms with Gasteiger partial charge in [0, 0.05) is 38.4 Å². The van der Waals surface area contributed by atoms with Crippen LogP contribution in [0.25, 0.3) is 10.2 Å². The molecule has 14 heteroatoms. The fourth-order valence-corrected chi connectivity index (χ4v) is 6.50. The molecule has 0 unspecified atom stereocenters. The summed E-state index contributed by atoms with van der Waals surface area (Å²) >= 11 is 2.56. The fraction of sp³-hybridized carbons (Fsp3) is 0.321. The average Bonchev–Trinajstić information content (AvgIpc) is 3.45. The van der Waals surface area contributed by atoms with Gasteiger partial charge < -0.3 is 10.6 Å². The van der Waals surface area contributed by atoms with Crippen molar-refractivity contribution in [1.82, 2.24) is 25.2 Å². The van der Waals surface area contributed by atoms with Crippen molar-refractivity contribution in [2.24, 2.45) is 5.14 Å². The lowest BCUT2D eigenvalue weighted by atomic mass is 10.1. The first kappa shape index (κ1) is 31.3. The van der Waals surface area contributed by atoms with E-state index in [1.54, 1.807) is 35.2 Å². The van der Waals surface area contributed by atoms with Crippen LogP contribution in [0.5, 0.6) is 0 Å². The number of carbonyl (C=O) groups excluding carboxylic acids is 2. The first-order valence-corrected chi connectivity index (χ1v) is 16.7. The number of fused-ring (bicyclic) bond motifs is 1. The van der Waals surface area contributed by atoms with Gasteiger partial charge in [-0.15, -0.1) is 11.3 Å². The third-order valence-corrected chi connectivity index (χ3v) is 9.58. The van der Waals surface area contributed by atoms with Crippen LogP contribution in [0, 0.1) is 0 Å². The van der Waals surface area contributed by atoms with Crippen LogP contribution in [-0.4, -0.2) is 46.6 Å². The van der Waals surface area contributed by atoms with Crippen LogP contribution >= 0.6 is 23.1 Å². The number of sulfonamides is 1. The third-order valence-electron chi connectivity index (χ3n) is 6.40. The van der Waals surface area contributed by atoms with Crippen LogP contribution < -0.4 is 21.3 Å². The summed E-state index contributed by atoms with van der Waals surface area (Å²) in [5.41, 5.74) is 2.15. The van der Waals surface area contributed by atoms with Crippen molar-refractivity contribution in [2.45, 2.75) is 61.0 Å². The number of amides is 2. The van der Waals surface area contributed by atoms with Gasteiger partial charge >= 0.3 is 0 Å². The molecule has 1 aromatic carbocycles. The maximum Gasteiger partial charge on any atom is 0.272 e. The molecule has 4 aromatic rings. The van der Waals surface area contributed by atoms with Gasteiger partial charge in [-0.1, -0.05) is 36.9 Å². The van der Waals surface area contributed by atoms with Gasteiger partial charge in [-0.2, -0.15) is 0 Å². The molecule has 0 aliphatic carbocycles. The minimum absolute atomic E-state index is 0.0360. The lowest BCUT2D eigenvalue weighted by Crippen LogP contribution is -2.33. The number of carbonyl (C=O) groups is 2. The van der Waals surface area contributed by atoms with E-state index in [-0.39, 0.29) is 35.2 Å². The van der Waals surface area contributed by atoms with E-state index in [4.69, 9.17) is 5.14 Å². The van der Waals surface area contributed by atoms with Crippen molar-refractivity contribution in [1.29, 1.82) is 0 Å². The second-order valence-electron chi connectivity index (χ2n) is 9.47. The SMILES string of the molecule is CC[C@@H](Sc1nc2ccsc2c(=O)n1CCCC(=O)NCCc1ccc(S(N)(=O)=O)cc1)C(=O)NCc1cccnc1. The topological polar surface area (TPSA) is 166 Å². The number of pyridine rings is 1.